The van der Waals surface area contributed by atoms with Crippen LogP contribution in [0.2, 0.25) is 37.3 Å². The van der Waals surface area contributed by atoms with Crippen molar-refractivity contribution in [3.8, 4) is 0 Å². The lowest BCUT2D eigenvalue weighted by Crippen LogP contribution is -2.44. The van der Waals surface area contributed by atoms with Crippen molar-refractivity contribution >= 4 is 28.8 Å². The maximum absolute atomic E-state index is 6.76. The first kappa shape index (κ1) is 23.1. The van der Waals surface area contributed by atoms with Crippen LogP contribution in [0, 0.1) is 0 Å². The third-order valence-corrected chi connectivity index (χ3v) is 15.0. The molecule has 0 radical (unpaired) electrons. The van der Waals surface area contributed by atoms with Gasteiger partial charge in [-0.25, -0.2) is 9.98 Å². The summed E-state index contributed by atoms with van der Waals surface area (Å²) in [7, 11) is -3.62. The number of aliphatic imine (C=N–C) groups is 1. The van der Waals surface area contributed by atoms with Gasteiger partial charge < -0.3 is 24.2 Å². The number of rotatable bonds is 8. The van der Waals surface area contributed by atoms with Gasteiger partial charge in [-0.1, -0.05) is 27.7 Å². The predicted octanol–water partition coefficient (Wildman–Crippen LogP) is 3.90. The molecular weight excluding hydrogens is 426 g/mol. The van der Waals surface area contributed by atoms with Gasteiger partial charge in [0, 0.05) is 6.42 Å². The van der Waals surface area contributed by atoms with Crippen LogP contribution in [-0.4, -0.2) is 62.8 Å². The zero-order valence-corrected chi connectivity index (χ0v) is 22.3. The van der Waals surface area contributed by atoms with Gasteiger partial charge in [-0.2, -0.15) is 0 Å². The first-order valence-corrected chi connectivity index (χ1v) is 17.5. The largest absolute Gasteiger partial charge is 0.414 e. The Hall–Kier alpha value is -1.05. The Bertz CT molecular complexity index is 856. The van der Waals surface area contributed by atoms with Gasteiger partial charge in [0.05, 0.1) is 31.9 Å². The minimum atomic E-state index is -1.85. The number of hydrogen-bond acceptors (Lipinski definition) is 7. The van der Waals surface area contributed by atoms with E-state index in [1.807, 2.05) is 22.1 Å². The molecule has 1 aromatic rings. The van der Waals surface area contributed by atoms with E-state index in [1.165, 1.54) is 0 Å². The lowest BCUT2D eigenvalue weighted by Gasteiger charge is -2.34. The Morgan fingerprint density at radius 2 is 1.87 bits per heavy atom. The molecular formula is C21H39N5O3Si2. The van der Waals surface area contributed by atoms with E-state index in [1.54, 1.807) is 0 Å². The fraction of sp³-hybridized carbons (Fsp3) is 0.810. The highest BCUT2D eigenvalue weighted by Gasteiger charge is 2.55. The number of ether oxygens (including phenoxy) is 1. The molecule has 2 fully saturated rings. The second-order valence-corrected chi connectivity index (χ2v) is 20.2. The van der Waals surface area contributed by atoms with Crippen molar-refractivity contribution in [2.24, 2.45) is 10.7 Å². The second kappa shape index (κ2) is 7.77. The minimum Gasteiger partial charge on any atom is -0.414 e. The Morgan fingerprint density at radius 3 is 2.52 bits per heavy atom. The molecule has 4 rings (SSSR count). The van der Waals surface area contributed by atoms with Gasteiger partial charge in [0.15, 0.2) is 28.1 Å². The number of hydrogen-bond donors (Lipinski definition) is 1. The lowest BCUT2D eigenvalue weighted by atomic mass is 10.2. The molecule has 1 aromatic heterocycles. The van der Waals surface area contributed by atoms with Crippen LogP contribution in [0.5, 0.6) is 0 Å². The van der Waals surface area contributed by atoms with Crippen molar-refractivity contribution in [1.82, 2.24) is 14.5 Å². The van der Waals surface area contributed by atoms with Crippen molar-refractivity contribution in [3.63, 3.8) is 0 Å². The third kappa shape index (κ3) is 4.18. The number of nitrogens with zero attached hydrogens (tertiary/aromatic N) is 4. The van der Waals surface area contributed by atoms with Gasteiger partial charge in [-0.15, -0.1) is 0 Å². The number of imidazole rings is 1. The van der Waals surface area contributed by atoms with Crippen LogP contribution in [-0.2, 0) is 19.3 Å². The molecule has 3 aliphatic rings. The molecule has 2 N–H and O–H groups in total. The third-order valence-electron chi connectivity index (χ3n) is 7.66. The van der Waals surface area contributed by atoms with Gasteiger partial charge in [-0.3, -0.25) is 4.57 Å². The molecule has 0 saturated carbocycles. The summed E-state index contributed by atoms with van der Waals surface area (Å²) >= 11 is 0. The van der Waals surface area contributed by atoms with Crippen molar-refractivity contribution in [3.05, 3.63) is 12.0 Å². The highest BCUT2D eigenvalue weighted by atomic mass is 28.4. The van der Waals surface area contributed by atoms with E-state index in [9.17, 15) is 0 Å². The average Bonchev–Trinajstić information content (AvgIpc) is 3.00. The first-order chi connectivity index (χ1) is 14.3. The van der Waals surface area contributed by atoms with Crippen LogP contribution < -0.4 is 5.73 Å². The maximum atomic E-state index is 6.76. The van der Waals surface area contributed by atoms with Crippen molar-refractivity contribution in [2.75, 3.05) is 13.2 Å². The van der Waals surface area contributed by atoms with Gasteiger partial charge in [0.25, 0.3) is 0 Å². The number of fused-ring (bicyclic) bond motifs is 3. The second-order valence-electron chi connectivity index (χ2n) is 11.0. The van der Waals surface area contributed by atoms with Gasteiger partial charge in [-0.05, 0) is 37.3 Å². The van der Waals surface area contributed by atoms with Crippen LogP contribution >= 0.6 is 0 Å². The molecule has 0 spiro atoms. The summed E-state index contributed by atoms with van der Waals surface area (Å²) in [5.74, 6) is 0.804. The SMILES string of the molecule is CC(C)[Si](C)(C)OC[C@H]1O[C@@H](n2cnc3c2N=CN2CC32N)C[C@H]1O[Si](C)(C)C(C)C. The van der Waals surface area contributed by atoms with Crippen molar-refractivity contribution in [2.45, 2.75) is 95.5 Å². The molecule has 0 aromatic carbocycles. The smallest absolute Gasteiger partial charge is 0.189 e. The zero-order chi connectivity index (χ0) is 22.8. The lowest BCUT2D eigenvalue weighted by molar-refractivity contribution is -0.0382. The summed E-state index contributed by atoms with van der Waals surface area (Å²) in [5, 5.41) is 0. The van der Waals surface area contributed by atoms with E-state index >= 15 is 0 Å². The Kier molecular flexibility index (Phi) is 5.80. The predicted molar refractivity (Wildman–Crippen MR) is 127 cm³/mol. The van der Waals surface area contributed by atoms with E-state index in [2.05, 4.69) is 63.9 Å². The normalized spacial score (nSPS) is 30.3. The van der Waals surface area contributed by atoms with E-state index in [0.717, 1.165) is 24.5 Å². The topological polar surface area (TPSA) is 86.9 Å². The van der Waals surface area contributed by atoms with E-state index in [0.29, 0.717) is 17.7 Å². The molecule has 4 heterocycles. The highest BCUT2D eigenvalue weighted by molar-refractivity contribution is 6.72. The maximum Gasteiger partial charge on any atom is 0.189 e. The summed E-state index contributed by atoms with van der Waals surface area (Å²) in [5.41, 5.74) is 7.86. The van der Waals surface area contributed by atoms with Crippen LogP contribution in [0.4, 0.5) is 5.82 Å². The molecule has 31 heavy (non-hydrogen) atoms. The zero-order valence-electron chi connectivity index (χ0n) is 20.3. The molecule has 0 amide bonds. The van der Waals surface area contributed by atoms with E-state index in [4.69, 9.17) is 19.3 Å². The van der Waals surface area contributed by atoms with Gasteiger partial charge in [0.1, 0.15) is 18.0 Å². The minimum absolute atomic E-state index is 0.000842. The molecule has 3 aliphatic heterocycles. The van der Waals surface area contributed by atoms with Crippen molar-refractivity contribution < 1.29 is 13.6 Å². The van der Waals surface area contributed by atoms with Crippen LogP contribution in [0.1, 0.15) is 46.0 Å². The molecule has 0 aliphatic carbocycles. The highest BCUT2D eigenvalue weighted by Crippen LogP contribution is 2.46. The van der Waals surface area contributed by atoms with Crippen LogP contribution in [0.15, 0.2) is 11.3 Å². The van der Waals surface area contributed by atoms with Crippen LogP contribution in [0.3, 0.4) is 0 Å². The Labute approximate surface area is 188 Å². The fourth-order valence-corrected chi connectivity index (χ4v) is 6.06. The standard InChI is InChI=1S/C21H39N5O3Si2/c1-14(2)30(5,6)27-10-17-16(29-31(7,8)15(3)4)9-18(28-17)26-13-23-19-20(26)24-12-25-11-21(19,25)22/h12-18H,9-11,22H2,1-8H3/t16-,17-,18-,21?,25?/m1/s1. The molecule has 0 bridgehead atoms. The molecule has 1 unspecified atom stereocenters. The number of nitrogens with two attached hydrogens (primary N) is 1. The number of aromatic nitrogens is 2. The van der Waals surface area contributed by atoms with E-state index < -0.39 is 22.3 Å². The molecule has 2 saturated heterocycles. The summed E-state index contributed by atoms with van der Waals surface area (Å²) in [6.07, 6.45) is 4.12. The van der Waals surface area contributed by atoms with Crippen LogP contribution in [0.25, 0.3) is 0 Å². The summed E-state index contributed by atoms with van der Waals surface area (Å²) in [6.45, 7) is 19.4. The molecule has 10 heteroatoms. The van der Waals surface area contributed by atoms with Gasteiger partial charge >= 0.3 is 0 Å². The first-order valence-electron chi connectivity index (χ1n) is 11.5. The summed E-state index contributed by atoms with van der Waals surface area (Å²) < 4.78 is 21.8. The quantitative estimate of drug-likeness (QED) is 0.463. The molecule has 174 valence electrons. The summed E-state index contributed by atoms with van der Waals surface area (Å²) in [4.78, 5) is 11.2. The summed E-state index contributed by atoms with van der Waals surface area (Å²) in [6, 6.07) is 0. The monoisotopic (exact) mass is 465 g/mol. The van der Waals surface area contributed by atoms with Crippen molar-refractivity contribution in [1.29, 1.82) is 0 Å². The Balaban J connectivity index is 1.55. The molecule has 4 atom stereocenters. The average molecular weight is 466 g/mol. The van der Waals surface area contributed by atoms with E-state index in [-0.39, 0.29) is 18.4 Å². The Morgan fingerprint density at radius 1 is 1.19 bits per heavy atom. The fourth-order valence-electron chi connectivity index (χ4n) is 3.84. The van der Waals surface area contributed by atoms with Gasteiger partial charge in [0.2, 0.25) is 0 Å². The molecule has 8 nitrogen and oxygen atoms in total.